The zero-order valence-electron chi connectivity index (χ0n) is 19.1. The van der Waals surface area contributed by atoms with E-state index >= 15 is 0 Å². The molecular weight excluding hydrogens is 512 g/mol. The van der Waals surface area contributed by atoms with Gasteiger partial charge in [-0.2, -0.15) is 0 Å². The van der Waals surface area contributed by atoms with E-state index < -0.39 is 5.97 Å². The normalized spacial score (nSPS) is 11.0. The second-order valence-electron chi connectivity index (χ2n) is 8.34. The minimum absolute atomic E-state index is 0.406. The van der Waals surface area contributed by atoms with Crippen molar-refractivity contribution in [2.45, 2.75) is 0 Å². The van der Waals surface area contributed by atoms with Gasteiger partial charge in [0, 0.05) is 11.1 Å². The molecule has 0 bridgehead atoms. The predicted molar refractivity (Wildman–Crippen MR) is 147 cm³/mol. The molecule has 5 aromatic carbocycles. The Bertz CT molecular complexity index is 1740. The number of hydrogen-bond acceptors (Lipinski definition) is 4. The van der Waals surface area contributed by atoms with Crippen molar-refractivity contribution in [2.24, 2.45) is 0 Å². The lowest BCUT2D eigenvalue weighted by molar-refractivity contribution is 0.0734. The standard InChI is InChI=1S/C31H19BrN2O2/c32-28-24-14-8-7-9-20(24)16-18-27(28)36-31(35)23-15-17-25-26(19-23)34-30(22-12-5-2-6-13-22)29(33-25)21-10-3-1-4-11-21/h1-19H. The Labute approximate surface area is 216 Å². The van der Waals surface area contributed by atoms with Gasteiger partial charge < -0.3 is 4.74 Å². The number of esters is 1. The van der Waals surface area contributed by atoms with Crippen molar-refractivity contribution in [3.8, 4) is 28.3 Å². The average Bonchev–Trinajstić information content (AvgIpc) is 2.94. The van der Waals surface area contributed by atoms with E-state index in [-0.39, 0.29) is 0 Å². The van der Waals surface area contributed by atoms with Crippen molar-refractivity contribution in [1.29, 1.82) is 0 Å². The molecule has 0 N–H and O–H groups in total. The number of fused-ring (bicyclic) bond motifs is 2. The Kier molecular flexibility index (Phi) is 5.76. The number of carbonyl (C=O) groups is 1. The van der Waals surface area contributed by atoms with Crippen LogP contribution in [0.2, 0.25) is 0 Å². The van der Waals surface area contributed by atoms with Crippen molar-refractivity contribution >= 4 is 43.7 Å². The summed E-state index contributed by atoms with van der Waals surface area (Å²) >= 11 is 3.59. The smallest absolute Gasteiger partial charge is 0.343 e. The number of hydrogen-bond donors (Lipinski definition) is 0. The molecule has 36 heavy (non-hydrogen) atoms. The largest absolute Gasteiger partial charge is 0.422 e. The molecule has 172 valence electrons. The van der Waals surface area contributed by atoms with Gasteiger partial charge in [0.1, 0.15) is 5.75 Å². The predicted octanol–water partition coefficient (Wildman–Crippen LogP) is 8.10. The van der Waals surface area contributed by atoms with E-state index in [1.165, 1.54) is 0 Å². The Balaban J connectivity index is 1.41. The van der Waals surface area contributed by atoms with Crippen LogP contribution in [0.15, 0.2) is 120 Å². The van der Waals surface area contributed by atoms with Crippen LogP contribution >= 0.6 is 15.9 Å². The van der Waals surface area contributed by atoms with Gasteiger partial charge in [-0.05, 0) is 51.0 Å². The topological polar surface area (TPSA) is 52.1 Å². The molecule has 4 nitrogen and oxygen atoms in total. The number of aromatic nitrogens is 2. The van der Waals surface area contributed by atoms with Crippen molar-refractivity contribution in [1.82, 2.24) is 9.97 Å². The van der Waals surface area contributed by atoms with E-state index in [0.717, 1.165) is 37.8 Å². The molecule has 0 atom stereocenters. The average molecular weight is 531 g/mol. The molecule has 1 heterocycles. The third-order valence-electron chi connectivity index (χ3n) is 6.02. The third-order valence-corrected chi connectivity index (χ3v) is 6.84. The summed E-state index contributed by atoms with van der Waals surface area (Å²) in [4.78, 5) is 23.0. The summed E-state index contributed by atoms with van der Waals surface area (Å²) in [6, 6.07) is 36.9. The number of carbonyl (C=O) groups excluding carboxylic acids is 1. The van der Waals surface area contributed by atoms with Gasteiger partial charge in [0.25, 0.3) is 0 Å². The van der Waals surface area contributed by atoms with Crippen LogP contribution in [0.1, 0.15) is 10.4 Å². The van der Waals surface area contributed by atoms with Crippen LogP contribution in [0.3, 0.4) is 0 Å². The highest BCUT2D eigenvalue weighted by atomic mass is 79.9. The Morgan fingerprint density at radius 1 is 0.639 bits per heavy atom. The van der Waals surface area contributed by atoms with Crippen molar-refractivity contribution in [3.63, 3.8) is 0 Å². The molecule has 0 spiro atoms. The molecule has 0 aliphatic carbocycles. The molecule has 0 unspecified atom stereocenters. The molecule has 6 rings (SSSR count). The lowest BCUT2D eigenvalue weighted by atomic mass is 10.0. The van der Waals surface area contributed by atoms with Gasteiger partial charge in [0.15, 0.2) is 0 Å². The van der Waals surface area contributed by atoms with E-state index in [9.17, 15) is 4.79 Å². The lowest BCUT2D eigenvalue weighted by Gasteiger charge is -2.12. The summed E-state index contributed by atoms with van der Waals surface area (Å²) < 4.78 is 6.51. The van der Waals surface area contributed by atoms with Gasteiger partial charge in [-0.15, -0.1) is 0 Å². The van der Waals surface area contributed by atoms with E-state index in [4.69, 9.17) is 14.7 Å². The first-order valence-electron chi connectivity index (χ1n) is 11.5. The summed E-state index contributed by atoms with van der Waals surface area (Å²) in [5, 5.41) is 2.04. The molecule has 0 amide bonds. The van der Waals surface area contributed by atoms with Gasteiger partial charge in [0.05, 0.1) is 32.5 Å². The molecular formula is C31H19BrN2O2. The Morgan fingerprint density at radius 3 is 1.94 bits per heavy atom. The highest BCUT2D eigenvalue weighted by molar-refractivity contribution is 9.10. The summed E-state index contributed by atoms with van der Waals surface area (Å²) in [6.07, 6.45) is 0. The summed E-state index contributed by atoms with van der Waals surface area (Å²) in [7, 11) is 0. The van der Waals surface area contributed by atoms with Gasteiger partial charge in [-0.3, -0.25) is 0 Å². The van der Waals surface area contributed by atoms with Crippen molar-refractivity contribution in [3.05, 3.63) is 125 Å². The number of ether oxygens (including phenoxy) is 1. The minimum Gasteiger partial charge on any atom is -0.422 e. The maximum absolute atomic E-state index is 13.1. The molecule has 0 radical (unpaired) electrons. The highest BCUT2D eigenvalue weighted by Crippen LogP contribution is 2.34. The molecule has 1 aromatic heterocycles. The third kappa shape index (κ3) is 4.14. The second kappa shape index (κ2) is 9.36. The Morgan fingerprint density at radius 2 is 1.25 bits per heavy atom. The Hall–Kier alpha value is -4.35. The lowest BCUT2D eigenvalue weighted by Crippen LogP contribution is -2.09. The van der Waals surface area contributed by atoms with Gasteiger partial charge in [-0.25, -0.2) is 14.8 Å². The molecule has 0 saturated heterocycles. The first kappa shape index (κ1) is 22.1. The quantitative estimate of drug-likeness (QED) is 0.170. The van der Waals surface area contributed by atoms with E-state index in [0.29, 0.717) is 22.3 Å². The van der Waals surface area contributed by atoms with E-state index in [1.807, 2.05) is 97.1 Å². The van der Waals surface area contributed by atoms with E-state index in [2.05, 4.69) is 15.9 Å². The number of halogens is 1. The summed E-state index contributed by atoms with van der Waals surface area (Å²) in [6.45, 7) is 0. The number of nitrogens with zero attached hydrogens (tertiary/aromatic N) is 2. The van der Waals surface area contributed by atoms with Crippen LogP contribution in [0.5, 0.6) is 5.75 Å². The van der Waals surface area contributed by atoms with E-state index in [1.54, 1.807) is 18.2 Å². The van der Waals surface area contributed by atoms with Crippen LogP contribution in [-0.4, -0.2) is 15.9 Å². The van der Waals surface area contributed by atoms with Crippen LogP contribution in [-0.2, 0) is 0 Å². The zero-order chi connectivity index (χ0) is 24.5. The fourth-order valence-electron chi connectivity index (χ4n) is 4.23. The molecule has 5 heteroatoms. The fourth-order valence-corrected chi connectivity index (χ4v) is 4.80. The molecule has 0 aliphatic heterocycles. The second-order valence-corrected chi connectivity index (χ2v) is 9.14. The molecule has 0 saturated carbocycles. The minimum atomic E-state index is -0.455. The highest BCUT2D eigenvalue weighted by Gasteiger charge is 2.17. The van der Waals surface area contributed by atoms with Crippen LogP contribution in [0.4, 0.5) is 0 Å². The number of benzene rings is 5. The maximum atomic E-state index is 13.1. The molecule has 6 aromatic rings. The summed E-state index contributed by atoms with van der Waals surface area (Å²) in [5.74, 6) is 0.0114. The monoisotopic (exact) mass is 530 g/mol. The maximum Gasteiger partial charge on any atom is 0.343 e. The first-order valence-corrected chi connectivity index (χ1v) is 12.3. The number of rotatable bonds is 4. The SMILES string of the molecule is O=C(Oc1ccc2ccccc2c1Br)c1ccc2nc(-c3ccccc3)c(-c3ccccc3)nc2c1. The molecule has 0 aliphatic rings. The van der Waals surface area contributed by atoms with Crippen molar-refractivity contribution in [2.75, 3.05) is 0 Å². The fraction of sp³-hybridized carbons (Fsp3) is 0. The van der Waals surface area contributed by atoms with Crippen molar-refractivity contribution < 1.29 is 9.53 Å². The van der Waals surface area contributed by atoms with Crippen LogP contribution < -0.4 is 4.74 Å². The van der Waals surface area contributed by atoms with Gasteiger partial charge in [-0.1, -0.05) is 91.0 Å². The zero-order valence-corrected chi connectivity index (χ0v) is 20.6. The molecule has 0 fully saturated rings. The van der Waals surface area contributed by atoms with Gasteiger partial charge in [0.2, 0.25) is 0 Å². The van der Waals surface area contributed by atoms with Gasteiger partial charge >= 0.3 is 5.97 Å². The van der Waals surface area contributed by atoms with Crippen LogP contribution in [0.25, 0.3) is 44.3 Å². The first-order chi connectivity index (χ1) is 17.7. The summed E-state index contributed by atoms with van der Waals surface area (Å²) in [5.41, 5.74) is 5.23. The van der Waals surface area contributed by atoms with Crippen LogP contribution in [0, 0.1) is 0 Å².